The van der Waals surface area contributed by atoms with Crippen LogP contribution in [0.15, 0.2) is 53.0 Å². The van der Waals surface area contributed by atoms with Gasteiger partial charge in [-0.05, 0) is 43.7 Å². The van der Waals surface area contributed by atoms with Gasteiger partial charge in [-0.15, -0.1) is 0 Å². The quantitative estimate of drug-likeness (QED) is 0.271. The maximum absolute atomic E-state index is 15.0. The van der Waals surface area contributed by atoms with E-state index in [1.54, 1.807) is 11.0 Å². The molecule has 12 heteroatoms. The van der Waals surface area contributed by atoms with Gasteiger partial charge in [-0.3, -0.25) is 19.2 Å². The molecule has 2 N–H and O–H groups in total. The summed E-state index contributed by atoms with van der Waals surface area (Å²) in [5, 5.41) is 13.7. The Labute approximate surface area is 297 Å². The fourth-order valence-corrected chi connectivity index (χ4v) is 8.79. The Bertz CT molecular complexity index is 1440. The van der Waals surface area contributed by atoms with Crippen LogP contribution in [0, 0.1) is 17.8 Å². The normalized spacial score (nSPS) is 32.5. The molecular formula is C37H50BrN3O8. The molecule has 49 heavy (non-hydrogen) atoms. The van der Waals surface area contributed by atoms with Gasteiger partial charge < -0.3 is 34.4 Å². The molecule has 1 unspecified atom stereocenters. The Morgan fingerprint density at radius 1 is 1.08 bits per heavy atom. The number of carbonyl (C=O) groups excluding carboxylic acids is 4. The van der Waals surface area contributed by atoms with Crippen LogP contribution in [0.25, 0.3) is 0 Å². The first-order valence-corrected chi connectivity index (χ1v) is 18.3. The molecule has 0 saturated carbocycles. The summed E-state index contributed by atoms with van der Waals surface area (Å²) in [5.74, 6) is -3.69. The lowest BCUT2D eigenvalue weighted by Gasteiger charge is -2.40. The van der Waals surface area contributed by atoms with Gasteiger partial charge in [0.1, 0.15) is 29.8 Å². The van der Waals surface area contributed by atoms with Crippen LogP contribution in [0.1, 0.15) is 71.5 Å². The van der Waals surface area contributed by atoms with Gasteiger partial charge in [0, 0.05) is 30.6 Å². The maximum Gasteiger partial charge on any atom is 0.313 e. The lowest BCUT2D eigenvalue weighted by molar-refractivity contribution is -0.163. The first kappa shape index (κ1) is 37.2. The van der Waals surface area contributed by atoms with Crippen LogP contribution in [0.5, 0.6) is 0 Å². The number of esters is 1. The van der Waals surface area contributed by atoms with Crippen molar-refractivity contribution in [2.24, 2.45) is 17.8 Å². The minimum atomic E-state index is -1.46. The lowest BCUT2D eigenvalue weighted by atomic mass is 9.74. The van der Waals surface area contributed by atoms with Crippen LogP contribution in [0.2, 0.25) is 0 Å². The number of carbonyl (C=O) groups is 4. The zero-order valence-corrected chi connectivity index (χ0v) is 30.6. The number of rotatable bonds is 10. The third-order valence-electron chi connectivity index (χ3n) is 10.2. The summed E-state index contributed by atoms with van der Waals surface area (Å²) in [6.07, 6.45) is 6.39. The number of fused-ring (bicyclic) bond motifs is 2. The molecule has 1 aromatic rings. The molecule has 3 amide bonds. The minimum Gasteiger partial charge on any atom is -0.455 e. The second-order valence-corrected chi connectivity index (χ2v) is 15.0. The summed E-state index contributed by atoms with van der Waals surface area (Å²) in [5.41, 5.74) is -0.814. The second kappa shape index (κ2) is 15.9. The van der Waals surface area contributed by atoms with Crippen molar-refractivity contribution in [2.75, 3.05) is 26.9 Å². The monoisotopic (exact) mass is 743 g/mol. The number of aliphatic hydroxyl groups excluding tert-OH is 1. The first-order valence-electron chi connectivity index (χ1n) is 17.5. The Hall–Kier alpha value is -3.06. The number of aliphatic hydroxyl groups is 1. The van der Waals surface area contributed by atoms with Crippen LogP contribution in [-0.4, -0.2) is 101 Å². The Morgan fingerprint density at radius 2 is 1.82 bits per heavy atom. The summed E-state index contributed by atoms with van der Waals surface area (Å²) in [6, 6.07) is 6.42. The topological polar surface area (TPSA) is 135 Å². The molecule has 0 aliphatic carbocycles. The SMILES string of the molecule is CCCC(C)N1C/C=C\CCC(=O)N[C@@H](COC)[C@H](c2ccccc2)OC(=O)[C@H]2[C@@H]3O[C@@]4(C=C3Br)[C@@H]2C(=O)N([C@@H](CO)CC(C)C)[C@@H]4C1=O. The maximum atomic E-state index is 15.0. The average molecular weight is 745 g/mol. The highest BCUT2D eigenvalue weighted by Gasteiger charge is 2.75. The smallest absolute Gasteiger partial charge is 0.313 e. The molecular weight excluding hydrogens is 694 g/mol. The molecule has 2 saturated heterocycles. The van der Waals surface area contributed by atoms with Crippen LogP contribution >= 0.6 is 15.9 Å². The number of allylic oxidation sites excluding steroid dienone is 1. The number of nitrogens with zero attached hydrogens (tertiary/aromatic N) is 2. The van der Waals surface area contributed by atoms with Gasteiger partial charge in [0.25, 0.3) is 0 Å². The summed E-state index contributed by atoms with van der Waals surface area (Å²) in [4.78, 5) is 60.8. The van der Waals surface area contributed by atoms with Crippen molar-refractivity contribution in [3.63, 3.8) is 0 Å². The van der Waals surface area contributed by atoms with E-state index in [4.69, 9.17) is 14.2 Å². The molecule has 0 radical (unpaired) electrons. The third kappa shape index (κ3) is 7.25. The molecule has 4 aliphatic rings. The van der Waals surface area contributed by atoms with E-state index >= 15 is 0 Å². The van der Waals surface area contributed by atoms with Crippen LogP contribution < -0.4 is 5.32 Å². The molecule has 4 heterocycles. The van der Waals surface area contributed by atoms with Crippen molar-refractivity contribution in [1.29, 1.82) is 0 Å². The van der Waals surface area contributed by atoms with Gasteiger partial charge in [0.2, 0.25) is 17.7 Å². The predicted octanol–water partition coefficient (Wildman–Crippen LogP) is 4.05. The van der Waals surface area contributed by atoms with Gasteiger partial charge in [-0.2, -0.15) is 0 Å². The largest absolute Gasteiger partial charge is 0.455 e. The molecule has 2 fully saturated rings. The number of methoxy groups -OCH3 is 1. The molecule has 5 bridgehead atoms. The fraction of sp³-hybridized carbons (Fsp3) is 0.622. The number of nitrogens with one attached hydrogen (secondary N) is 1. The Balaban J connectivity index is 1.66. The van der Waals surface area contributed by atoms with Gasteiger partial charge in [0.05, 0.1) is 31.2 Å². The van der Waals surface area contributed by atoms with Crippen molar-refractivity contribution in [3.8, 4) is 0 Å². The molecule has 1 aromatic carbocycles. The summed E-state index contributed by atoms with van der Waals surface area (Å²) in [6.45, 7) is 8.02. The van der Waals surface area contributed by atoms with Crippen molar-refractivity contribution in [3.05, 3.63) is 58.6 Å². The number of hydrogen-bond donors (Lipinski definition) is 2. The van der Waals surface area contributed by atoms with Crippen molar-refractivity contribution < 1.29 is 38.5 Å². The van der Waals surface area contributed by atoms with Gasteiger partial charge in [0.15, 0.2) is 0 Å². The van der Waals surface area contributed by atoms with E-state index < -0.39 is 59.6 Å². The zero-order valence-electron chi connectivity index (χ0n) is 29.0. The number of cyclic esters (lactones) is 1. The van der Waals surface area contributed by atoms with E-state index in [1.807, 2.05) is 63.3 Å². The molecule has 9 atom stereocenters. The van der Waals surface area contributed by atoms with Crippen LogP contribution in [-0.2, 0) is 33.4 Å². The van der Waals surface area contributed by atoms with Gasteiger partial charge in [-0.25, -0.2) is 0 Å². The predicted molar refractivity (Wildman–Crippen MR) is 186 cm³/mol. The van der Waals surface area contributed by atoms with Crippen molar-refractivity contribution in [2.45, 2.75) is 102 Å². The Morgan fingerprint density at radius 3 is 2.47 bits per heavy atom. The van der Waals surface area contributed by atoms with E-state index in [2.05, 4.69) is 28.2 Å². The highest BCUT2D eigenvalue weighted by atomic mass is 79.9. The molecule has 0 aromatic heterocycles. The number of benzene rings is 1. The van der Waals surface area contributed by atoms with Crippen molar-refractivity contribution in [1.82, 2.24) is 15.1 Å². The number of hydrogen-bond acceptors (Lipinski definition) is 8. The van der Waals surface area contributed by atoms with E-state index in [0.29, 0.717) is 22.9 Å². The molecule has 5 rings (SSSR count). The molecule has 1 spiro atoms. The van der Waals surface area contributed by atoms with E-state index in [0.717, 1.165) is 12.8 Å². The molecule has 11 nitrogen and oxygen atoms in total. The minimum absolute atomic E-state index is 0.0664. The number of halogens is 1. The van der Waals surface area contributed by atoms with Gasteiger partial charge in [-0.1, -0.05) is 85.6 Å². The van der Waals surface area contributed by atoms with Crippen molar-refractivity contribution >= 4 is 39.6 Å². The van der Waals surface area contributed by atoms with Gasteiger partial charge >= 0.3 is 5.97 Å². The van der Waals surface area contributed by atoms with Crippen LogP contribution in [0.3, 0.4) is 0 Å². The Kier molecular flexibility index (Phi) is 12.0. The number of amides is 3. The average Bonchev–Trinajstić information content (AvgIpc) is 3.66. The molecule has 268 valence electrons. The summed E-state index contributed by atoms with van der Waals surface area (Å²) >= 11 is 3.62. The fourth-order valence-electron chi connectivity index (χ4n) is 8.05. The van der Waals surface area contributed by atoms with E-state index in [-0.39, 0.29) is 50.0 Å². The van der Waals surface area contributed by atoms with E-state index in [1.165, 1.54) is 12.0 Å². The number of likely N-dealkylation sites (tertiary alicyclic amines) is 1. The number of ether oxygens (including phenoxy) is 3. The second-order valence-electron chi connectivity index (χ2n) is 14.1. The summed E-state index contributed by atoms with van der Waals surface area (Å²) < 4.78 is 19.1. The highest BCUT2D eigenvalue weighted by molar-refractivity contribution is 9.11. The molecule has 4 aliphatic heterocycles. The first-order chi connectivity index (χ1) is 23.5. The highest BCUT2D eigenvalue weighted by Crippen LogP contribution is 2.59. The third-order valence-corrected chi connectivity index (χ3v) is 10.9. The van der Waals surface area contributed by atoms with E-state index in [9.17, 15) is 24.3 Å². The zero-order chi connectivity index (χ0) is 35.5. The standard InChI is InChI=1S/C37H50BrN3O8/c1-6-13-23(4)40-17-12-8-11-16-28(43)39-27(21-47-5)31(24-14-9-7-10-15-24)48-36(46)29-30-34(44)41(25(20-42)18-22(2)3)33(35(40)45)37(30)19-26(38)32(29)49-37/h7-10,12,14-15,19,22-23,25,27,29-33,42H,6,11,13,16-18,20-21H2,1-5H3,(H,39,43)/b12-8-/t23?,25-,27+,29-,30+,31+,32-,33-,37+/m1/s1. The van der Waals surface area contributed by atoms with Crippen LogP contribution in [0.4, 0.5) is 0 Å². The lowest BCUT2D eigenvalue weighted by Crippen LogP contribution is -2.60. The summed E-state index contributed by atoms with van der Waals surface area (Å²) in [7, 11) is 1.51.